The van der Waals surface area contributed by atoms with E-state index >= 15 is 0 Å². The second kappa shape index (κ2) is 5.23. The van der Waals surface area contributed by atoms with Crippen LogP contribution in [0, 0.1) is 6.92 Å². The van der Waals surface area contributed by atoms with Gasteiger partial charge in [-0.25, -0.2) is 4.98 Å². The molecule has 0 unspecified atom stereocenters. The smallest absolute Gasteiger partial charge is 0.254 e. The normalized spacial score (nSPS) is 19.2. The molecule has 0 saturated heterocycles. The quantitative estimate of drug-likeness (QED) is 0.638. The summed E-state index contributed by atoms with van der Waals surface area (Å²) in [5.74, 6) is 0.610. The van der Waals surface area contributed by atoms with Gasteiger partial charge in [0.1, 0.15) is 0 Å². The number of aromatic nitrogens is 2. The monoisotopic (exact) mass is 254 g/mol. The summed E-state index contributed by atoms with van der Waals surface area (Å²) >= 11 is 1.43. The summed E-state index contributed by atoms with van der Waals surface area (Å²) in [6.07, 6.45) is 6.69. The number of hydrogen-bond acceptors (Lipinski definition) is 4. The first-order chi connectivity index (χ1) is 8.09. The number of nitrogens with one attached hydrogen (secondary N) is 1. The van der Waals surface area contributed by atoms with Crippen molar-refractivity contribution < 1.29 is 5.11 Å². The fraction of sp³-hybridized carbons (Fsp3) is 0.667. The fourth-order valence-electron chi connectivity index (χ4n) is 2.07. The first-order valence-electron chi connectivity index (χ1n) is 6.00. The Morgan fingerprint density at radius 1 is 1.47 bits per heavy atom. The van der Waals surface area contributed by atoms with Crippen LogP contribution in [-0.4, -0.2) is 26.4 Å². The minimum absolute atomic E-state index is 0.0990. The molecule has 1 aliphatic rings. The van der Waals surface area contributed by atoms with Crippen molar-refractivity contribution in [3.05, 3.63) is 22.1 Å². The molecule has 2 rings (SSSR count). The van der Waals surface area contributed by atoms with Crippen LogP contribution in [0.3, 0.4) is 0 Å². The Kier molecular flexibility index (Phi) is 3.89. The van der Waals surface area contributed by atoms with Crippen molar-refractivity contribution in [2.24, 2.45) is 0 Å². The zero-order chi connectivity index (χ0) is 12.3. The van der Waals surface area contributed by atoms with E-state index < -0.39 is 5.60 Å². The molecule has 0 spiro atoms. The first-order valence-corrected chi connectivity index (χ1v) is 6.99. The van der Waals surface area contributed by atoms with E-state index in [0.717, 1.165) is 25.7 Å². The molecule has 5 heteroatoms. The van der Waals surface area contributed by atoms with Crippen molar-refractivity contribution in [1.29, 1.82) is 0 Å². The predicted octanol–water partition coefficient (Wildman–Crippen LogP) is 1.87. The van der Waals surface area contributed by atoms with Crippen LogP contribution in [0.2, 0.25) is 0 Å². The summed E-state index contributed by atoms with van der Waals surface area (Å²) in [6.45, 7) is 1.73. The van der Waals surface area contributed by atoms with Gasteiger partial charge < -0.3 is 10.1 Å². The van der Waals surface area contributed by atoms with Crippen molar-refractivity contribution in [2.75, 3.05) is 5.75 Å². The van der Waals surface area contributed by atoms with E-state index in [4.69, 9.17) is 0 Å². The number of thioether (sulfide) groups is 1. The second-order valence-corrected chi connectivity index (χ2v) is 5.74. The standard InChI is InChI=1S/C12H18N2O2S/c1-9-7-13-11(14-10(9)15)17-8-12(16)5-3-2-4-6-12/h7,16H,2-6,8H2,1H3,(H,13,14,15). The van der Waals surface area contributed by atoms with E-state index in [-0.39, 0.29) is 5.56 Å². The van der Waals surface area contributed by atoms with Gasteiger partial charge in [-0.15, -0.1) is 0 Å². The number of aryl methyl sites for hydroxylation is 1. The lowest BCUT2D eigenvalue weighted by atomic mass is 9.86. The lowest BCUT2D eigenvalue weighted by molar-refractivity contribution is 0.0272. The van der Waals surface area contributed by atoms with E-state index in [1.165, 1.54) is 18.2 Å². The van der Waals surface area contributed by atoms with Gasteiger partial charge in [0.2, 0.25) is 0 Å². The molecule has 0 amide bonds. The van der Waals surface area contributed by atoms with E-state index in [1.807, 2.05) is 0 Å². The molecule has 1 aromatic rings. The number of nitrogens with zero attached hydrogens (tertiary/aromatic N) is 1. The topological polar surface area (TPSA) is 66.0 Å². The molecule has 94 valence electrons. The van der Waals surface area contributed by atoms with Crippen LogP contribution in [-0.2, 0) is 0 Å². The third-order valence-corrected chi connectivity index (χ3v) is 4.38. The van der Waals surface area contributed by atoms with Gasteiger partial charge in [0.15, 0.2) is 5.16 Å². The average molecular weight is 254 g/mol. The van der Waals surface area contributed by atoms with Crippen LogP contribution in [0.1, 0.15) is 37.7 Å². The first kappa shape index (κ1) is 12.6. The summed E-state index contributed by atoms with van der Waals surface area (Å²) in [5.41, 5.74) is -0.0595. The van der Waals surface area contributed by atoms with Gasteiger partial charge in [0.25, 0.3) is 5.56 Å². The molecule has 0 radical (unpaired) electrons. The summed E-state index contributed by atoms with van der Waals surface area (Å²) in [7, 11) is 0. The number of aliphatic hydroxyl groups is 1. The van der Waals surface area contributed by atoms with Crippen LogP contribution in [0.5, 0.6) is 0 Å². The number of hydrogen-bond donors (Lipinski definition) is 2. The zero-order valence-corrected chi connectivity index (χ0v) is 10.8. The highest BCUT2D eigenvalue weighted by molar-refractivity contribution is 7.99. The molecule has 1 heterocycles. The Bertz CT molecular complexity index is 438. The molecule has 17 heavy (non-hydrogen) atoms. The highest BCUT2D eigenvalue weighted by Gasteiger charge is 2.29. The Morgan fingerprint density at radius 2 is 2.18 bits per heavy atom. The molecule has 0 atom stereocenters. The maximum Gasteiger partial charge on any atom is 0.254 e. The van der Waals surface area contributed by atoms with Crippen molar-refractivity contribution in [3.8, 4) is 0 Å². The SMILES string of the molecule is Cc1cnc(SCC2(O)CCCCC2)[nH]c1=O. The van der Waals surface area contributed by atoms with E-state index in [0.29, 0.717) is 16.5 Å². The number of aromatic amines is 1. The fourth-order valence-corrected chi connectivity index (χ4v) is 3.06. The Morgan fingerprint density at radius 3 is 2.82 bits per heavy atom. The maximum absolute atomic E-state index is 11.4. The molecule has 1 aromatic heterocycles. The van der Waals surface area contributed by atoms with Gasteiger partial charge in [0.05, 0.1) is 5.60 Å². The predicted molar refractivity (Wildman–Crippen MR) is 68.4 cm³/mol. The molecule has 0 bridgehead atoms. The van der Waals surface area contributed by atoms with Crippen LogP contribution in [0.15, 0.2) is 16.1 Å². The van der Waals surface area contributed by atoms with Gasteiger partial charge in [-0.3, -0.25) is 4.79 Å². The van der Waals surface area contributed by atoms with Crippen LogP contribution < -0.4 is 5.56 Å². The molecule has 1 fully saturated rings. The average Bonchev–Trinajstić information content (AvgIpc) is 2.32. The van der Waals surface area contributed by atoms with E-state index in [2.05, 4.69) is 9.97 Å². The molecular weight excluding hydrogens is 236 g/mol. The molecule has 0 aromatic carbocycles. The van der Waals surface area contributed by atoms with Crippen molar-refractivity contribution in [2.45, 2.75) is 49.8 Å². The summed E-state index contributed by atoms with van der Waals surface area (Å²) in [4.78, 5) is 18.3. The van der Waals surface area contributed by atoms with E-state index in [9.17, 15) is 9.90 Å². The lowest BCUT2D eigenvalue weighted by Crippen LogP contribution is -2.34. The minimum atomic E-state index is -0.577. The van der Waals surface area contributed by atoms with Crippen LogP contribution in [0.4, 0.5) is 0 Å². The zero-order valence-electron chi connectivity index (χ0n) is 10.0. The van der Waals surface area contributed by atoms with Gasteiger partial charge in [-0.05, 0) is 19.8 Å². The Labute approximate surface area is 105 Å². The molecule has 0 aliphatic heterocycles. The lowest BCUT2D eigenvalue weighted by Gasteiger charge is -2.31. The van der Waals surface area contributed by atoms with Crippen molar-refractivity contribution >= 4 is 11.8 Å². The van der Waals surface area contributed by atoms with Crippen LogP contribution in [0.25, 0.3) is 0 Å². The molecule has 1 aliphatic carbocycles. The molecule has 2 N–H and O–H groups in total. The molecule has 1 saturated carbocycles. The number of H-pyrrole nitrogens is 1. The van der Waals surface area contributed by atoms with Crippen molar-refractivity contribution in [3.63, 3.8) is 0 Å². The molecular formula is C12H18N2O2S. The van der Waals surface area contributed by atoms with Gasteiger partial charge >= 0.3 is 0 Å². The molecule has 4 nitrogen and oxygen atoms in total. The van der Waals surface area contributed by atoms with Crippen LogP contribution >= 0.6 is 11.8 Å². The third-order valence-electron chi connectivity index (χ3n) is 3.22. The van der Waals surface area contributed by atoms with Gasteiger partial charge in [0, 0.05) is 17.5 Å². The highest BCUT2D eigenvalue weighted by atomic mass is 32.2. The maximum atomic E-state index is 11.4. The third kappa shape index (κ3) is 3.33. The highest BCUT2D eigenvalue weighted by Crippen LogP contribution is 2.32. The Hall–Kier alpha value is -0.810. The largest absolute Gasteiger partial charge is 0.389 e. The number of rotatable bonds is 3. The second-order valence-electron chi connectivity index (χ2n) is 4.77. The van der Waals surface area contributed by atoms with Gasteiger partial charge in [-0.1, -0.05) is 31.0 Å². The Balaban J connectivity index is 1.97. The minimum Gasteiger partial charge on any atom is -0.389 e. The summed E-state index contributed by atoms with van der Waals surface area (Å²) < 4.78 is 0. The van der Waals surface area contributed by atoms with E-state index in [1.54, 1.807) is 13.1 Å². The summed E-state index contributed by atoms with van der Waals surface area (Å²) in [5, 5.41) is 10.9. The summed E-state index contributed by atoms with van der Waals surface area (Å²) in [6, 6.07) is 0. The van der Waals surface area contributed by atoms with Crippen molar-refractivity contribution in [1.82, 2.24) is 9.97 Å². The van der Waals surface area contributed by atoms with Gasteiger partial charge in [-0.2, -0.15) is 0 Å².